The van der Waals surface area contributed by atoms with Crippen LogP contribution in [0, 0.1) is 6.92 Å². The zero-order valence-electron chi connectivity index (χ0n) is 12.5. The van der Waals surface area contributed by atoms with Crippen molar-refractivity contribution in [3.05, 3.63) is 28.3 Å². The Bertz CT molecular complexity index is 444. The van der Waals surface area contributed by atoms with Crippen molar-refractivity contribution in [1.29, 1.82) is 0 Å². The first-order valence-corrected chi connectivity index (χ1v) is 7.95. The first-order chi connectivity index (χ1) is 9.63. The predicted molar refractivity (Wildman–Crippen MR) is 84.6 cm³/mol. The number of unbranched alkanes of at least 4 members (excludes halogenated alkanes) is 1. The fraction of sp³-hybridized carbons (Fsp3) is 0.625. The highest BCUT2D eigenvalue weighted by Gasteiger charge is 2.25. The fourth-order valence-corrected chi connectivity index (χ4v) is 3.22. The summed E-state index contributed by atoms with van der Waals surface area (Å²) in [5.74, 6) is 0.411. The van der Waals surface area contributed by atoms with E-state index in [1.807, 2.05) is 19.1 Å². The predicted octanol–water partition coefficient (Wildman–Crippen LogP) is 3.49. The molecule has 1 aromatic rings. The second-order valence-corrected chi connectivity index (χ2v) is 6.04. The number of hydrogen-bond donors (Lipinski definition) is 2. The molecule has 0 unspecified atom stereocenters. The molecule has 112 valence electrons. The number of nitrogens with one attached hydrogen (secondary N) is 1. The van der Waals surface area contributed by atoms with E-state index in [0.717, 1.165) is 43.7 Å². The number of rotatable bonds is 5. The Labute approximate surface area is 126 Å². The maximum atomic E-state index is 10.4. The molecular formula is C16H25ClN2O. The number of halogens is 1. The van der Waals surface area contributed by atoms with Crippen LogP contribution in [-0.2, 0) is 0 Å². The molecule has 1 atom stereocenters. The van der Waals surface area contributed by atoms with Crippen LogP contribution in [0.1, 0.15) is 43.4 Å². The van der Waals surface area contributed by atoms with Crippen LogP contribution in [0.25, 0.3) is 0 Å². The molecule has 2 rings (SSSR count). The van der Waals surface area contributed by atoms with Gasteiger partial charge in [-0.1, -0.05) is 31.4 Å². The highest BCUT2D eigenvalue weighted by Crippen LogP contribution is 2.36. The van der Waals surface area contributed by atoms with E-state index in [4.69, 9.17) is 11.6 Å². The molecule has 0 aliphatic carbocycles. The van der Waals surface area contributed by atoms with E-state index >= 15 is 0 Å². The number of phenols is 1. The van der Waals surface area contributed by atoms with Crippen molar-refractivity contribution in [3.8, 4) is 5.75 Å². The molecule has 1 saturated heterocycles. The zero-order valence-corrected chi connectivity index (χ0v) is 13.2. The van der Waals surface area contributed by atoms with Crippen molar-refractivity contribution in [2.75, 3.05) is 26.2 Å². The van der Waals surface area contributed by atoms with Crippen LogP contribution in [0.5, 0.6) is 5.75 Å². The van der Waals surface area contributed by atoms with Crippen molar-refractivity contribution in [3.63, 3.8) is 0 Å². The van der Waals surface area contributed by atoms with Crippen LogP contribution >= 0.6 is 11.6 Å². The van der Waals surface area contributed by atoms with Gasteiger partial charge in [-0.3, -0.25) is 4.90 Å². The molecule has 2 N–H and O–H groups in total. The van der Waals surface area contributed by atoms with Crippen LogP contribution < -0.4 is 5.32 Å². The molecule has 0 radical (unpaired) electrons. The Balaban J connectivity index is 2.29. The maximum absolute atomic E-state index is 10.4. The van der Waals surface area contributed by atoms with E-state index in [9.17, 15) is 5.11 Å². The van der Waals surface area contributed by atoms with Gasteiger partial charge in [0, 0.05) is 42.8 Å². The molecule has 1 aliphatic heterocycles. The molecule has 20 heavy (non-hydrogen) atoms. The average molecular weight is 297 g/mol. The fourth-order valence-electron chi connectivity index (χ4n) is 2.94. The average Bonchev–Trinajstić information content (AvgIpc) is 2.45. The summed E-state index contributed by atoms with van der Waals surface area (Å²) in [5.41, 5.74) is 1.86. The zero-order chi connectivity index (χ0) is 14.5. The Kier molecular flexibility index (Phi) is 5.70. The second kappa shape index (κ2) is 7.30. The minimum atomic E-state index is 0.273. The highest BCUT2D eigenvalue weighted by atomic mass is 35.5. The number of hydrogen-bond acceptors (Lipinski definition) is 3. The minimum Gasteiger partial charge on any atom is -0.507 e. The lowest BCUT2D eigenvalue weighted by Crippen LogP contribution is -2.45. The third-order valence-electron chi connectivity index (χ3n) is 4.08. The minimum absolute atomic E-state index is 0.273. The molecule has 3 nitrogen and oxygen atoms in total. The van der Waals surface area contributed by atoms with Crippen LogP contribution in [-0.4, -0.2) is 36.2 Å². The summed E-state index contributed by atoms with van der Waals surface area (Å²) in [4.78, 5) is 2.47. The van der Waals surface area contributed by atoms with Crippen LogP contribution in [0.15, 0.2) is 12.1 Å². The lowest BCUT2D eigenvalue weighted by molar-refractivity contribution is 0.160. The molecule has 1 aliphatic rings. The number of aryl methyl sites for hydroxylation is 1. The number of piperazine rings is 1. The lowest BCUT2D eigenvalue weighted by Gasteiger charge is -2.36. The molecule has 0 aromatic heterocycles. The quantitative estimate of drug-likeness (QED) is 0.873. The van der Waals surface area contributed by atoms with Crippen LogP contribution in [0.4, 0.5) is 0 Å². The van der Waals surface area contributed by atoms with Crippen molar-refractivity contribution in [2.45, 2.75) is 39.2 Å². The van der Waals surface area contributed by atoms with Gasteiger partial charge in [0.2, 0.25) is 0 Å². The summed E-state index contributed by atoms with van der Waals surface area (Å²) < 4.78 is 0. The summed E-state index contributed by atoms with van der Waals surface area (Å²) >= 11 is 6.20. The number of aromatic hydroxyl groups is 1. The lowest BCUT2D eigenvalue weighted by atomic mass is 9.96. The third-order valence-corrected chi connectivity index (χ3v) is 4.30. The van der Waals surface area contributed by atoms with Crippen molar-refractivity contribution in [1.82, 2.24) is 10.2 Å². The van der Waals surface area contributed by atoms with Crippen molar-refractivity contribution >= 4 is 11.6 Å². The number of benzene rings is 1. The van der Waals surface area contributed by atoms with Gasteiger partial charge < -0.3 is 10.4 Å². The van der Waals surface area contributed by atoms with Gasteiger partial charge in [0.1, 0.15) is 5.75 Å². The standard InChI is InChI=1S/C16H25ClN2O/c1-3-4-5-15(19-8-6-18-7-9-19)14-11-13(17)10-12(2)16(14)20/h10-11,15,18,20H,3-9H2,1-2H3/t15-/m0/s1. The molecule has 0 saturated carbocycles. The topological polar surface area (TPSA) is 35.5 Å². The molecular weight excluding hydrogens is 272 g/mol. The van der Waals surface area contributed by atoms with Gasteiger partial charge >= 0.3 is 0 Å². The highest BCUT2D eigenvalue weighted by molar-refractivity contribution is 6.30. The van der Waals surface area contributed by atoms with E-state index < -0.39 is 0 Å². The van der Waals surface area contributed by atoms with Gasteiger partial charge in [0.05, 0.1) is 0 Å². The van der Waals surface area contributed by atoms with Crippen molar-refractivity contribution in [2.24, 2.45) is 0 Å². The molecule has 1 heterocycles. The first-order valence-electron chi connectivity index (χ1n) is 7.57. The molecule has 0 spiro atoms. The summed E-state index contributed by atoms with van der Waals surface area (Å²) in [6.45, 7) is 8.21. The van der Waals surface area contributed by atoms with Gasteiger partial charge in [0.25, 0.3) is 0 Å². The summed E-state index contributed by atoms with van der Waals surface area (Å²) in [6.07, 6.45) is 3.41. The normalized spacial score (nSPS) is 18.1. The monoisotopic (exact) mass is 296 g/mol. The Morgan fingerprint density at radius 1 is 1.35 bits per heavy atom. The van der Waals surface area contributed by atoms with Gasteiger partial charge in [-0.2, -0.15) is 0 Å². The smallest absolute Gasteiger partial charge is 0.123 e. The second-order valence-electron chi connectivity index (χ2n) is 5.60. The third kappa shape index (κ3) is 3.66. The van der Waals surface area contributed by atoms with Crippen LogP contribution in [0.3, 0.4) is 0 Å². The summed E-state index contributed by atoms with van der Waals surface area (Å²) in [5, 5.41) is 14.5. The van der Waals surface area contributed by atoms with E-state index in [-0.39, 0.29) is 6.04 Å². The van der Waals surface area contributed by atoms with Crippen molar-refractivity contribution < 1.29 is 5.11 Å². The Morgan fingerprint density at radius 2 is 2.05 bits per heavy atom. The van der Waals surface area contributed by atoms with Gasteiger partial charge in [-0.05, 0) is 31.0 Å². The molecule has 0 bridgehead atoms. The summed E-state index contributed by atoms with van der Waals surface area (Å²) in [6, 6.07) is 4.04. The molecule has 1 fully saturated rings. The van der Waals surface area contributed by atoms with Gasteiger partial charge in [-0.15, -0.1) is 0 Å². The number of nitrogens with zero attached hydrogens (tertiary/aromatic N) is 1. The largest absolute Gasteiger partial charge is 0.507 e. The molecule has 1 aromatic carbocycles. The molecule has 0 amide bonds. The number of phenolic OH excluding ortho intramolecular Hbond substituents is 1. The van der Waals surface area contributed by atoms with E-state index in [1.54, 1.807) is 0 Å². The molecule has 4 heteroatoms. The SMILES string of the molecule is CCCC[C@@H](c1cc(Cl)cc(C)c1O)N1CCNCC1. The Hall–Kier alpha value is -0.770. The van der Waals surface area contributed by atoms with Gasteiger partial charge in [-0.25, -0.2) is 0 Å². The van der Waals surface area contributed by atoms with E-state index in [0.29, 0.717) is 10.8 Å². The van der Waals surface area contributed by atoms with E-state index in [2.05, 4.69) is 17.1 Å². The maximum Gasteiger partial charge on any atom is 0.123 e. The van der Waals surface area contributed by atoms with Crippen LogP contribution in [0.2, 0.25) is 5.02 Å². The Morgan fingerprint density at radius 3 is 2.70 bits per heavy atom. The summed E-state index contributed by atoms with van der Waals surface area (Å²) in [7, 11) is 0. The van der Waals surface area contributed by atoms with Gasteiger partial charge in [0.15, 0.2) is 0 Å². The van der Waals surface area contributed by atoms with E-state index in [1.165, 1.54) is 12.8 Å². The first kappa shape index (κ1) is 15.6.